The van der Waals surface area contributed by atoms with E-state index in [-0.39, 0.29) is 56.6 Å². The highest BCUT2D eigenvalue weighted by molar-refractivity contribution is 6.28. The standard InChI is InChI=1S/C42H28N2/c1-3-11-29(12-4-1)31-19-23-33(24-20-31)43-37-17-9-7-15-35(37)41-39(43)27-28-40-42(41)36-16-8-10-18-38(36)44(40)34-25-21-32(22-26-34)30-13-5-2-6-14-30/h1-28H/i1D,3D,4D,5D,7D,8D,9D,10D,11D,12D,15D,16D,17D,18D,19D,20D,21D,22D,23D,24D,27D,28D. The van der Waals surface area contributed by atoms with Crippen LogP contribution in [0.2, 0.25) is 0 Å². The van der Waals surface area contributed by atoms with E-state index in [1.165, 1.54) is 28.8 Å². The summed E-state index contributed by atoms with van der Waals surface area (Å²) in [5.74, 6) is 0. The predicted octanol–water partition coefficient (Wildman–Crippen LogP) is 11.2. The molecule has 9 rings (SSSR count). The topological polar surface area (TPSA) is 9.86 Å². The van der Waals surface area contributed by atoms with E-state index in [4.69, 9.17) is 19.2 Å². The quantitative estimate of drug-likeness (QED) is 0.195. The Morgan fingerprint density at radius 1 is 0.341 bits per heavy atom. The van der Waals surface area contributed by atoms with Gasteiger partial charge in [-0.2, -0.15) is 0 Å². The first-order chi connectivity index (χ1) is 31.0. The van der Waals surface area contributed by atoms with Crippen molar-refractivity contribution in [3.63, 3.8) is 0 Å². The summed E-state index contributed by atoms with van der Waals surface area (Å²) in [7, 11) is 0. The van der Waals surface area contributed by atoms with Crippen molar-refractivity contribution in [3.8, 4) is 33.6 Å². The summed E-state index contributed by atoms with van der Waals surface area (Å²) in [6, 6.07) is -7.02. The Kier molecular flexibility index (Phi) is 2.54. The minimum Gasteiger partial charge on any atom is -0.309 e. The lowest BCUT2D eigenvalue weighted by Crippen LogP contribution is -1.95. The van der Waals surface area contributed by atoms with E-state index in [2.05, 4.69) is 0 Å². The van der Waals surface area contributed by atoms with Gasteiger partial charge in [0.1, 0.15) is 0 Å². The Hall–Kier alpha value is -5.86. The van der Waals surface area contributed by atoms with Crippen molar-refractivity contribution >= 4 is 43.6 Å². The molecule has 0 aliphatic carbocycles. The average molecular weight is 583 g/mol. The van der Waals surface area contributed by atoms with Crippen LogP contribution in [0.1, 0.15) is 30.2 Å². The summed E-state index contributed by atoms with van der Waals surface area (Å²) < 4.78 is 198. The molecule has 0 fully saturated rings. The highest BCUT2D eigenvalue weighted by atomic mass is 15.0. The van der Waals surface area contributed by atoms with E-state index < -0.39 is 148 Å². The summed E-state index contributed by atoms with van der Waals surface area (Å²) in [6.45, 7) is 0. The molecule has 0 aliphatic heterocycles. The van der Waals surface area contributed by atoms with E-state index in [0.29, 0.717) is 5.56 Å². The zero-order valence-corrected chi connectivity index (χ0v) is 22.4. The van der Waals surface area contributed by atoms with Crippen LogP contribution >= 0.6 is 0 Å². The molecule has 0 bridgehead atoms. The minimum atomic E-state index is -0.943. The van der Waals surface area contributed by atoms with Gasteiger partial charge in [0.2, 0.25) is 0 Å². The summed E-state index contributed by atoms with van der Waals surface area (Å²) in [4.78, 5) is 0. The van der Waals surface area contributed by atoms with Gasteiger partial charge in [-0.25, -0.2) is 0 Å². The normalized spacial score (nSPS) is 18.6. The first kappa shape index (κ1) is 11.3. The van der Waals surface area contributed by atoms with Crippen LogP contribution in [0.4, 0.5) is 0 Å². The van der Waals surface area contributed by atoms with Crippen molar-refractivity contribution in [2.75, 3.05) is 0 Å². The number of aromatic nitrogens is 2. The van der Waals surface area contributed by atoms with Gasteiger partial charge in [0.05, 0.1) is 52.2 Å². The molecule has 0 N–H and O–H groups in total. The van der Waals surface area contributed by atoms with Gasteiger partial charge in [-0.3, -0.25) is 0 Å². The van der Waals surface area contributed by atoms with Gasteiger partial charge < -0.3 is 9.13 Å². The lowest BCUT2D eigenvalue weighted by atomic mass is 10.1. The average Bonchev–Trinajstić information content (AvgIpc) is 3.82. The SMILES string of the molecule is [2H]c1cccc(-c2c([2H])cc(-n3c4c([2H])c([2H])c([2H])c([2H])c4c4c5c6c([2H])c([2H])c([2H])c([2H])c6n(-c6c([2H])c([2H])c(-c7c([2H])c([2H])c([2H])c([2H])c7[2H])c([2H])c6[2H])c5c([2H])c([2H])c43)cc2[2H])c1. The van der Waals surface area contributed by atoms with Crippen molar-refractivity contribution in [2.24, 2.45) is 0 Å². The Labute approximate surface area is 286 Å². The Bertz CT molecular complexity index is 3660. The summed E-state index contributed by atoms with van der Waals surface area (Å²) in [5.41, 5.74) is -3.29. The van der Waals surface area contributed by atoms with Crippen LogP contribution in [-0.2, 0) is 0 Å². The molecule has 44 heavy (non-hydrogen) atoms. The maximum Gasteiger partial charge on any atom is 0.0646 e. The number of benzene rings is 7. The lowest BCUT2D eigenvalue weighted by Gasteiger charge is -2.11. The molecule has 206 valence electrons. The van der Waals surface area contributed by atoms with Gasteiger partial charge >= 0.3 is 0 Å². The number of nitrogens with zero attached hydrogens (tertiary/aromatic N) is 2. The van der Waals surface area contributed by atoms with E-state index in [1.54, 1.807) is 12.1 Å². The predicted molar refractivity (Wildman–Crippen MR) is 186 cm³/mol. The molecule has 0 spiro atoms. The largest absolute Gasteiger partial charge is 0.309 e. The fourth-order valence-electron chi connectivity index (χ4n) is 5.45. The van der Waals surface area contributed by atoms with Gasteiger partial charge in [0.15, 0.2) is 0 Å². The second kappa shape index (κ2) is 9.86. The third-order valence-electron chi connectivity index (χ3n) is 7.32. The van der Waals surface area contributed by atoms with Crippen LogP contribution in [-0.4, -0.2) is 9.13 Å². The number of hydrogen-bond acceptors (Lipinski definition) is 0. The van der Waals surface area contributed by atoms with Gasteiger partial charge in [0, 0.05) is 32.9 Å². The molecule has 0 atom stereocenters. The van der Waals surface area contributed by atoms with Crippen LogP contribution in [0.15, 0.2) is 169 Å². The number of fused-ring (bicyclic) bond motifs is 7. The van der Waals surface area contributed by atoms with Crippen molar-refractivity contribution < 1.29 is 30.2 Å². The van der Waals surface area contributed by atoms with Crippen molar-refractivity contribution in [2.45, 2.75) is 0 Å². The second-order valence-electron chi connectivity index (χ2n) is 9.71. The van der Waals surface area contributed by atoms with Gasteiger partial charge in [-0.1, -0.05) is 121 Å². The smallest absolute Gasteiger partial charge is 0.0646 e. The van der Waals surface area contributed by atoms with Crippen LogP contribution in [0, 0.1) is 0 Å². The number of para-hydroxylation sites is 2. The molecular formula is C42H28N2. The molecule has 0 radical (unpaired) electrons. The number of hydrogen-bond donors (Lipinski definition) is 0. The van der Waals surface area contributed by atoms with Crippen molar-refractivity contribution in [3.05, 3.63) is 169 Å². The molecule has 0 unspecified atom stereocenters. The van der Waals surface area contributed by atoms with Crippen molar-refractivity contribution in [1.82, 2.24) is 9.13 Å². The van der Waals surface area contributed by atoms with E-state index in [0.717, 1.165) is 4.57 Å². The summed E-state index contributed by atoms with van der Waals surface area (Å²) >= 11 is 0. The molecule has 7 aromatic carbocycles. The molecule has 2 heterocycles. The molecule has 2 nitrogen and oxygen atoms in total. The lowest BCUT2D eigenvalue weighted by molar-refractivity contribution is 1.17. The first-order valence-electron chi connectivity index (χ1n) is 24.3. The monoisotopic (exact) mass is 582 g/mol. The maximum absolute atomic E-state index is 9.64. The minimum absolute atomic E-state index is 0.0680. The first-order valence-corrected chi connectivity index (χ1v) is 13.3. The van der Waals surface area contributed by atoms with Gasteiger partial charge in [0.25, 0.3) is 0 Å². The molecule has 2 heteroatoms. The van der Waals surface area contributed by atoms with E-state index in [1.807, 2.05) is 0 Å². The highest BCUT2D eigenvalue weighted by Gasteiger charge is 2.20. The summed E-state index contributed by atoms with van der Waals surface area (Å²) in [6.07, 6.45) is 0. The molecule has 0 saturated heterocycles. The zero-order valence-electron chi connectivity index (χ0n) is 44.4. The van der Waals surface area contributed by atoms with E-state index >= 15 is 0 Å². The van der Waals surface area contributed by atoms with Crippen LogP contribution in [0.25, 0.3) is 77.2 Å². The van der Waals surface area contributed by atoms with Crippen molar-refractivity contribution in [1.29, 1.82) is 0 Å². The summed E-state index contributed by atoms with van der Waals surface area (Å²) in [5, 5.41) is -1.27. The Morgan fingerprint density at radius 2 is 0.886 bits per heavy atom. The van der Waals surface area contributed by atoms with Gasteiger partial charge in [-0.15, -0.1) is 0 Å². The molecular weight excluding hydrogens is 532 g/mol. The Morgan fingerprint density at radius 3 is 1.52 bits per heavy atom. The third kappa shape index (κ3) is 3.75. The molecule has 0 amide bonds. The number of rotatable bonds is 4. The van der Waals surface area contributed by atoms with E-state index in [9.17, 15) is 11.0 Å². The van der Waals surface area contributed by atoms with Crippen LogP contribution in [0.5, 0.6) is 0 Å². The zero-order chi connectivity index (χ0) is 48.2. The van der Waals surface area contributed by atoms with Crippen LogP contribution < -0.4 is 0 Å². The second-order valence-corrected chi connectivity index (χ2v) is 9.71. The third-order valence-corrected chi connectivity index (χ3v) is 7.32. The molecule has 2 aromatic heterocycles. The Balaban J connectivity index is 1.53. The molecule has 0 saturated carbocycles. The van der Waals surface area contributed by atoms with Crippen LogP contribution in [0.3, 0.4) is 0 Å². The fourth-order valence-corrected chi connectivity index (χ4v) is 5.45. The maximum atomic E-state index is 9.64. The molecule has 9 aromatic rings. The highest BCUT2D eigenvalue weighted by Crippen LogP contribution is 2.42. The fraction of sp³-hybridized carbons (Fsp3) is 0. The molecule has 0 aliphatic rings. The van der Waals surface area contributed by atoms with Gasteiger partial charge in [-0.05, 0) is 70.6 Å².